The van der Waals surface area contributed by atoms with E-state index in [-0.39, 0.29) is 29.2 Å². The maximum Gasteiger partial charge on any atom is 0.242 e. The number of hydrogen-bond acceptors (Lipinski definition) is 5. The summed E-state index contributed by atoms with van der Waals surface area (Å²) in [5.74, 6) is 0.868. The molecule has 0 unspecified atom stereocenters. The fourth-order valence-corrected chi connectivity index (χ4v) is 5.17. The summed E-state index contributed by atoms with van der Waals surface area (Å²) in [5, 5.41) is 2.95. The molecule has 2 amide bonds. The highest BCUT2D eigenvalue weighted by Crippen LogP contribution is 2.22. The minimum atomic E-state index is -3.51. The number of nitrogens with zero attached hydrogens (tertiary/aromatic N) is 1. The van der Waals surface area contributed by atoms with E-state index < -0.39 is 16.1 Å². The van der Waals surface area contributed by atoms with Gasteiger partial charge in [0.15, 0.2) is 0 Å². The summed E-state index contributed by atoms with van der Waals surface area (Å²) in [5.41, 5.74) is 1.76. The van der Waals surface area contributed by atoms with Crippen LogP contribution in [0.4, 0.5) is 0 Å². The lowest BCUT2D eigenvalue weighted by molar-refractivity contribution is -0.140. The summed E-state index contributed by atoms with van der Waals surface area (Å²) in [4.78, 5) is 28.0. The number of nitrogens with one attached hydrogen (secondary N) is 2. The van der Waals surface area contributed by atoms with Gasteiger partial charge in [0, 0.05) is 25.6 Å². The molecule has 0 saturated heterocycles. The molecule has 0 aliphatic heterocycles. The van der Waals surface area contributed by atoms with Crippen LogP contribution in [0.1, 0.15) is 57.6 Å². The van der Waals surface area contributed by atoms with Crippen LogP contribution in [-0.2, 0) is 32.6 Å². The smallest absolute Gasteiger partial charge is 0.242 e. The van der Waals surface area contributed by atoms with Crippen LogP contribution in [0.2, 0.25) is 0 Å². The molecule has 2 N–H and O–H groups in total. The van der Waals surface area contributed by atoms with E-state index in [4.69, 9.17) is 4.74 Å². The molecule has 1 aliphatic rings. The second-order valence-electron chi connectivity index (χ2n) is 10.1. The zero-order valence-corrected chi connectivity index (χ0v) is 23.0. The first-order chi connectivity index (χ1) is 17.6. The van der Waals surface area contributed by atoms with Crippen molar-refractivity contribution in [2.45, 2.75) is 76.4 Å². The molecule has 2 aromatic carbocycles. The lowest BCUT2D eigenvalue weighted by atomic mass is 10.1. The van der Waals surface area contributed by atoms with Gasteiger partial charge in [0.05, 0.1) is 12.0 Å². The molecule has 2 aromatic rings. The third-order valence-electron chi connectivity index (χ3n) is 6.46. The summed E-state index contributed by atoms with van der Waals surface area (Å²) in [6.07, 6.45) is 3.26. The molecule has 1 fully saturated rings. The van der Waals surface area contributed by atoms with Gasteiger partial charge >= 0.3 is 0 Å². The van der Waals surface area contributed by atoms with Crippen molar-refractivity contribution in [3.05, 3.63) is 59.7 Å². The molecule has 8 nitrogen and oxygen atoms in total. The lowest BCUT2D eigenvalue weighted by Crippen LogP contribution is -2.48. The summed E-state index contributed by atoms with van der Waals surface area (Å²) < 4.78 is 32.7. The van der Waals surface area contributed by atoms with Crippen molar-refractivity contribution >= 4 is 21.8 Å². The second kappa shape index (κ2) is 13.1. The molecule has 0 radical (unpaired) electrons. The molecule has 202 valence electrons. The summed E-state index contributed by atoms with van der Waals surface area (Å²) >= 11 is 0. The Bertz CT molecular complexity index is 1140. The largest absolute Gasteiger partial charge is 0.497 e. The Morgan fingerprint density at radius 2 is 1.62 bits per heavy atom. The SMILES string of the molecule is COc1ccc(CN(C(=O)CCc2ccc(S(=O)(=O)NC3CC3)cc2)[C@H](C)C(=O)NCCC(C)C)cc1. The van der Waals surface area contributed by atoms with E-state index in [1.54, 1.807) is 43.2 Å². The quantitative estimate of drug-likeness (QED) is 0.389. The molecular formula is C28H39N3O5S. The Morgan fingerprint density at radius 1 is 1.00 bits per heavy atom. The molecule has 0 bridgehead atoms. The van der Waals surface area contributed by atoms with Gasteiger partial charge in [-0.05, 0) is 73.9 Å². The molecule has 9 heteroatoms. The van der Waals surface area contributed by atoms with Crippen LogP contribution in [0, 0.1) is 5.92 Å². The Hall–Kier alpha value is -2.91. The zero-order valence-electron chi connectivity index (χ0n) is 22.2. The third kappa shape index (κ3) is 8.86. The first kappa shape index (κ1) is 28.7. The van der Waals surface area contributed by atoms with Crippen molar-refractivity contribution in [3.63, 3.8) is 0 Å². The van der Waals surface area contributed by atoms with Crippen LogP contribution < -0.4 is 14.8 Å². The van der Waals surface area contributed by atoms with Gasteiger partial charge in [0.2, 0.25) is 21.8 Å². The van der Waals surface area contributed by atoms with Crippen LogP contribution in [0.15, 0.2) is 53.4 Å². The molecule has 1 aliphatic carbocycles. The average Bonchev–Trinajstić information content (AvgIpc) is 3.69. The second-order valence-corrected chi connectivity index (χ2v) is 11.8. The number of ether oxygens (including phenoxy) is 1. The number of sulfonamides is 1. The minimum Gasteiger partial charge on any atom is -0.497 e. The fraction of sp³-hybridized carbons (Fsp3) is 0.500. The Morgan fingerprint density at radius 3 is 2.19 bits per heavy atom. The van der Waals surface area contributed by atoms with E-state index in [1.807, 2.05) is 24.3 Å². The van der Waals surface area contributed by atoms with Crippen molar-refractivity contribution < 1.29 is 22.7 Å². The Labute approximate surface area is 220 Å². The fourth-order valence-electron chi connectivity index (χ4n) is 3.86. The molecule has 1 saturated carbocycles. The van der Waals surface area contributed by atoms with E-state index in [9.17, 15) is 18.0 Å². The molecule has 1 atom stereocenters. The van der Waals surface area contributed by atoms with Gasteiger partial charge in [0.25, 0.3) is 0 Å². The van der Waals surface area contributed by atoms with E-state index >= 15 is 0 Å². The van der Waals surface area contributed by atoms with Gasteiger partial charge in [-0.2, -0.15) is 0 Å². The Kier molecular flexibility index (Phi) is 10.1. The highest BCUT2D eigenvalue weighted by Gasteiger charge is 2.28. The molecule has 0 heterocycles. The van der Waals surface area contributed by atoms with Gasteiger partial charge in [0.1, 0.15) is 11.8 Å². The molecule has 0 spiro atoms. The van der Waals surface area contributed by atoms with Gasteiger partial charge < -0.3 is 15.0 Å². The zero-order chi connectivity index (χ0) is 27.0. The highest BCUT2D eigenvalue weighted by molar-refractivity contribution is 7.89. The predicted octanol–water partition coefficient (Wildman–Crippen LogP) is 3.65. The summed E-state index contributed by atoms with van der Waals surface area (Å²) in [6.45, 7) is 6.81. The molecule has 3 rings (SSSR count). The number of benzene rings is 2. The number of rotatable bonds is 14. The number of methoxy groups -OCH3 is 1. The van der Waals surface area contributed by atoms with Crippen molar-refractivity contribution in [1.82, 2.24) is 14.9 Å². The molecule has 0 aromatic heterocycles. The monoisotopic (exact) mass is 529 g/mol. The highest BCUT2D eigenvalue weighted by atomic mass is 32.2. The number of amides is 2. The van der Waals surface area contributed by atoms with E-state index in [2.05, 4.69) is 23.9 Å². The van der Waals surface area contributed by atoms with Crippen LogP contribution in [0.25, 0.3) is 0 Å². The number of hydrogen-bond donors (Lipinski definition) is 2. The minimum absolute atomic E-state index is 0.0449. The van der Waals surface area contributed by atoms with E-state index in [0.29, 0.717) is 25.4 Å². The van der Waals surface area contributed by atoms with Crippen molar-refractivity contribution in [1.29, 1.82) is 0 Å². The van der Waals surface area contributed by atoms with Gasteiger partial charge in [-0.1, -0.05) is 38.1 Å². The van der Waals surface area contributed by atoms with Crippen LogP contribution >= 0.6 is 0 Å². The molecular weight excluding hydrogens is 490 g/mol. The Balaban J connectivity index is 1.66. The van der Waals surface area contributed by atoms with Crippen molar-refractivity contribution in [2.24, 2.45) is 5.92 Å². The van der Waals surface area contributed by atoms with Crippen molar-refractivity contribution in [3.8, 4) is 5.75 Å². The standard InChI is InChI=1S/C28H39N3O5S/c1-20(2)17-18-29-28(33)21(3)31(19-23-5-12-25(36-4)13-6-23)27(32)16-9-22-7-14-26(15-8-22)37(34,35)30-24-10-11-24/h5-8,12-15,20-21,24,30H,9-11,16-19H2,1-4H3,(H,29,33)/t21-/m1/s1. The number of carbonyl (C=O) groups excluding carboxylic acids is 2. The maximum absolute atomic E-state index is 13.3. The lowest BCUT2D eigenvalue weighted by Gasteiger charge is -2.29. The third-order valence-corrected chi connectivity index (χ3v) is 8.00. The van der Waals surface area contributed by atoms with E-state index in [0.717, 1.165) is 36.1 Å². The van der Waals surface area contributed by atoms with E-state index in [1.165, 1.54) is 0 Å². The first-order valence-corrected chi connectivity index (χ1v) is 14.4. The summed E-state index contributed by atoms with van der Waals surface area (Å²) in [6, 6.07) is 13.5. The topological polar surface area (TPSA) is 105 Å². The maximum atomic E-state index is 13.3. The van der Waals surface area contributed by atoms with Crippen LogP contribution in [-0.4, -0.2) is 50.9 Å². The van der Waals surface area contributed by atoms with Gasteiger partial charge in [-0.25, -0.2) is 13.1 Å². The number of carbonyl (C=O) groups is 2. The van der Waals surface area contributed by atoms with Crippen LogP contribution in [0.3, 0.4) is 0 Å². The van der Waals surface area contributed by atoms with Crippen molar-refractivity contribution in [2.75, 3.05) is 13.7 Å². The normalized spacial score (nSPS) is 14.3. The van der Waals surface area contributed by atoms with Gasteiger partial charge in [-0.3, -0.25) is 9.59 Å². The van der Waals surface area contributed by atoms with Gasteiger partial charge in [-0.15, -0.1) is 0 Å². The number of aryl methyl sites for hydroxylation is 1. The predicted molar refractivity (Wildman–Crippen MR) is 144 cm³/mol. The van der Waals surface area contributed by atoms with Crippen LogP contribution in [0.5, 0.6) is 5.75 Å². The average molecular weight is 530 g/mol. The molecule has 37 heavy (non-hydrogen) atoms. The summed E-state index contributed by atoms with van der Waals surface area (Å²) in [7, 11) is -1.91. The first-order valence-electron chi connectivity index (χ1n) is 12.9.